The van der Waals surface area contributed by atoms with E-state index >= 15 is 0 Å². The molecule has 1 aliphatic rings. The summed E-state index contributed by atoms with van der Waals surface area (Å²) in [5.41, 5.74) is 5.81. The summed E-state index contributed by atoms with van der Waals surface area (Å²) in [5, 5.41) is 9.40. The number of hydrogen-bond acceptors (Lipinski definition) is 5. The molecule has 0 amide bonds. The van der Waals surface area contributed by atoms with Crippen molar-refractivity contribution in [2.75, 3.05) is 31.1 Å². The zero-order chi connectivity index (χ0) is 18.8. The predicted octanol–water partition coefficient (Wildman–Crippen LogP) is 3.99. The van der Waals surface area contributed by atoms with Crippen LogP contribution in [0.3, 0.4) is 0 Å². The lowest BCUT2D eigenvalue weighted by molar-refractivity contribution is 0.247. The third kappa shape index (κ3) is 3.98. The molecule has 4 rings (SSSR count). The van der Waals surface area contributed by atoms with Gasteiger partial charge in [-0.25, -0.2) is 4.98 Å². The second-order valence-electron chi connectivity index (χ2n) is 7.24. The fraction of sp³-hybridized carbons (Fsp3) is 0.318. The molecule has 0 spiro atoms. The van der Waals surface area contributed by atoms with Crippen LogP contribution in [0.25, 0.3) is 11.5 Å². The average Bonchev–Trinajstić information content (AvgIpc) is 3.13. The van der Waals surface area contributed by atoms with Crippen molar-refractivity contribution in [3.05, 3.63) is 65.5 Å². The van der Waals surface area contributed by atoms with E-state index in [1.807, 2.05) is 12.1 Å². The Morgan fingerprint density at radius 2 is 1.74 bits per heavy atom. The van der Waals surface area contributed by atoms with Gasteiger partial charge in [0.2, 0.25) is 5.89 Å². The second kappa shape index (κ2) is 7.45. The molecular formula is C22H25N3O2. The van der Waals surface area contributed by atoms with Gasteiger partial charge in [0, 0.05) is 44.0 Å². The number of benzene rings is 2. The van der Waals surface area contributed by atoms with E-state index in [0.717, 1.165) is 44.0 Å². The third-order valence-corrected chi connectivity index (χ3v) is 5.13. The highest BCUT2D eigenvalue weighted by molar-refractivity contribution is 5.55. The number of piperazine rings is 1. The van der Waals surface area contributed by atoms with E-state index in [2.05, 4.69) is 46.8 Å². The van der Waals surface area contributed by atoms with Gasteiger partial charge in [-0.05, 0) is 55.3 Å². The molecule has 3 aromatic rings. The van der Waals surface area contributed by atoms with E-state index in [1.54, 1.807) is 18.4 Å². The maximum atomic E-state index is 9.40. The fourth-order valence-electron chi connectivity index (χ4n) is 3.55. The van der Waals surface area contributed by atoms with Crippen LogP contribution in [-0.4, -0.2) is 41.2 Å². The number of oxazole rings is 1. The van der Waals surface area contributed by atoms with Crippen molar-refractivity contribution in [3.63, 3.8) is 0 Å². The van der Waals surface area contributed by atoms with E-state index in [-0.39, 0.29) is 5.75 Å². The van der Waals surface area contributed by atoms with Gasteiger partial charge in [0.05, 0.1) is 5.69 Å². The van der Waals surface area contributed by atoms with Crippen LogP contribution in [0.2, 0.25) is 0 Å². The van der Waals surface area contributed by atoms with E-state index in [9.17, 15) is 5.11 Å². The predicted molar refractivity (Wildman–Crippen MR) is 107 cm³/mol. The molecule has 1 N–H and O–H groups in total. The summed E-state index contributed by atoms with van der Waals surface area (Å²) in [6.07, 6.45) is 1.74. The molecule has 0 radical (unpaired) electrons. The SMILES string of the molecule is Cc1ccc(C)c(N2CCN(Cc3coc(-c4ccc(O)cc4)n3)CC2)c1. The van der Waals surface area contributed by atoms with Gasteiger partial charge in [0.25, 0.3) is 0 Å². The molecule has 5 nitrogen and oxygen atoms in total. The van der Waals surface area contributed by atoms with Crippen molar-refractivity contribution in [2.24, 2.45) is 0 Å². The number of phenolic OH excluding ortho intramolecular Hbond substituents is 1. The first-order valence-electron chi connectivity index (χ1n) is 9.37. The van der Waals surface area contributed by atoms with Gasteiger partial charge in [-0.2, -0.15) is 0 Å². The van der Waals surface area contributed by atoms with E-state index in [0.29, 0.717) is 5.89 Å². The van der Waals surface area contributed by atoms with Gasteiger partial charge < -0.3 is 14.4 Å². The molecular weight excluding hydrogens is 338 g/mol. The van der Waals surface area contributed by atoms with E-state index < -0.39 is 0 Å². The van der Waals surface area contributed by atoms with Crippen LogP contribution in [-0.2, 0) is 6.54 Å². The van der Waals surface area contributed by atoms with Gasteiger partial charge in [-0.1, -0.05) is 12.1 Å². The molecule has 1 aliphatic heterocycles. The lowest BCUT2D eigenvalue weighted by Gasteiger charge is -2.36. The Morgan fingerprint density at radius 1 is 1.00 bits per heavy atom. The molecule has 2 heterocycles. The summed E-state index contributed by atoms with van der Waals surface area (Å²) < 4.78 is 5.62. The number of anilines is 1. The van der Waals surface area contributed by atoms with Crippen molar-refractivity contribution in [2.45, 2.75) is 20.4 Å². The van der Waals surface area contributed by atoms with E-state index in [1.165, 1.54) is 16.8 Å². The third-order valence-electron chi connectivity index (χ3n) is 5.13. The number of aryl methyl sites for hydroxylation is 2. The lowest BCUT2D eigenvalue weighted by Crippen LogP contribution is -2.46. The Kier molecular flexibility index (Phi) is 4.86. The summed E-state index contributed by atoms with van der Waals surface area (Å²) in [5.74, 6) is 0.839. The molecule has 1 aromatic heterocycles. The fourth-order valence-corrected chi connectivity index (χ4v) is 3.55. The maximum absolute atomic E-state index is 9.40. The maximum Gasteiger partial charge on any atom is 0.226 e. The van der Waals surface area contributed by atoms with Gasteiger partial charge >= 0.3 is 0 Å². The average molecular weight is 363 g/mol. The van der Waals surface area contributed by atoms with Crippen LogP contribution < -0.4 is 4.90 Å². The molecule has 0 saturated carbocycles. The molecule has 0 unspecified atom stereocenters. The van der Waals surface area contributed by atoms with Gasteiger partial charge in [0.1, 0.15) is 12.0 Å². The molecule has 2 aromatic carbocycles. The number of aromatic hydroxyl groups is 1. The quantitative estimate of drug-likeness (QED) is 0.760. The first-order chi connectivity index (χ1) is 13.1. The Labute approximate surface area is 159 Å². The van der Waals surface area contributed by atoms with Crippen LogP contribution in [0, 0.1) is 13.8 Å². The number of hydrogen-bond donors (Lipinski definition) is 1. The van der Waals surface area contributed by atoms with Crippen molar-refractivity contribution in [3.8, 4) is 17.2 Å². The van der Waals surface area contributed by atoms with Crippen LogP contribution in [0.1, 0.15) is 16.8 Å². The molecule has 27 heavy (non-hydrogen) atoms. The summed E-state index contributed by atoms with van der Waals surface area (Å²) in [7, 11) is 0. The molecule has 0 aliphatic carbocycles. The largest absolute Gasteiger partial charge is 0.508 e. The minimum absolute atomic E-state index is 0.243. The summed E-state index contributed by atoms with van der Waals surface area (Å²) in [6, 6.07) is 13.6. The van der Waals surface area contributed by atoms with Gasteiger partial charge in [0.15, 0.2) is 0 Å². The summed E-state index contributed by atoms with van der Waals surface area (Å²) in [6.45, 7) is 9.18. The van der Waals surface area contributed by atoms with Gasteiger partial charge in [-0.15, -0.1) is 0 Å². The van der Waals surface area contributed by atoms with Crippen molar-refractivity contribution >= 4 is 5.69 Å². The van der Waals surface area contributed by atoms with Gasteiger partial charge in [-0.3, -0.25) is 4.90 Å². The van der Waals surface area contributed by atoms with Crippen molar-refractivity contribution in [1.29, 1.82) is 0 Å². The summed E-state index contributed by atoms with van der Waals surface area (Å²) >= 11 is 0. The van der Waals surface area contributed by atoms with Crippen LogP contribution >= 0.6 is 0 Å². The summed E-state index contributed by atoms with van der Waals surface area (Å²) in [4.78, 5) is 9.50. The number of nitrogens with zero attached hydrogens (tertiary/aromatic N) is 3. The first-order valence-corrected chi connectivity index (χ1v) is 9.37. The second-order valence-corrected chi connectivity index (χ2v) is 7.24. The molecule has 5 heteroatoms. The molecule has 1 saturated heterocycles. The zero-order valence-electron chi connectivity index (χ0n) is 15.9. The highest BCUT2D eigenvalue weighted by atomic mass is 16.3. The molecule has 0 bridgehead atoms. The van der Waals surface area contributed by atoms with Crippen LogP contribution in [0.5, 0.6) is 5.75 Å². The highest BCUT2D eigenvalue weighted by Gasteiger charge is 2.20. The lowest BCUT2D eigenvalue weighted by atomic mass is 10.1. The Morgan fingerprint density at radius 3 is 2.48 bits per heavy atom. The number of phenols is 1. The van der Waals surface area contributed by atoms with Crippen molar-refractivity contribution < 1.29 is 9.52 Å². The first kappa shape index (κ1) is 17.6. The van der Waals surface area contributed by atoms with Crippen LogP contribution in [0.15, 0.2) is 53.1 Å². The normalized spacial score (nSPS) is 15.3. The van der Waals surface area contributed by atoms with E-state index in [4.69, 9.17) is 4.42 Å². The zero-order valence-corrected chi connectivity index (χ0v) is 15.9. The molecule has 0 atom stereocenters. The number of aromatic nitrogens is 1. The van der Waals surface area contributed by atoms with Crippen LogP contribution in [0.4, 0.5) is 5.69 Å². The standard InChI is InChI=1S/C22H25N3O2/c1-16-3-4-17(2)21(13-16)25-11-9-24(10-12-25)14-19-15-27-22(23-19)18-5-7-20(26)8-6-18/h3-8,13,15,26H,9-12,14H2,1-2H3. The Hall–Kier alpha value is -2.79. The monoisotopic (exact) mass is 363 g/mol. The Bertz CT molecular complexity index is 910. The molecule has 140 valence electrons. The topological polar surface area (TPSA) is 52.7 Å². The Balaban J connectivity index is 1.37. The minimum atomic E-state index is 0.243. The van der Waals surface area contributed by atoms with Crippen molar-refractivity contribution in [1.82, 2.24) is 9.88 Å². The molecule has 1 fully saturated rings. The highest BCUT2D eigenvalue weighted by Crippen LogP contribution is 2.24. The number of rotatable bonds is 4. The smallest absolute Gasteiger partial charge is 0.226 e. The minimum Gasteiger partial charge on any atom is -0.508 e.